The number of nitrogens with zero attached hydrogens (tertiary/aromatic N) is 2. The predicted octanol–water partition coefficient (Wildman–Crippen LogP) is 2.54. The molecule has 1 aliphatic carbocycles. The molecule has 0 unspecified atom stereocenters. The zero-order valence-electron chi connectivity index (χ0n) is 15.2. The number of phenols is 1. The van der Waals surface area contributed by atoms with Gasteiger partial charge in [0.2, 0.25) is 10.0 Å². The molecule has 0 saturated heterocycles. The van der Waals surface area contributed by atoms with Crippen LogP contribution in [0.25, 0.3) is 11.4 Å². The SMILES string of the molecule is O=C(Nc1cnc(-c2cccc(O)c2)nc1)c1cccc(S(=O)(=O)NC2CC2)c1. The van der Waals surface area contributed by atoms with Gasteiger partial charge in [-0.25, -0.2) is 23.1 Å². The number of nitrogens with one attached hydrogen (secondary N) is 2. The third-order valence-electron chi connectivity index (χ3n) is 4.32. The molecule has 8 nitrogen and oxygen atoms in total. The van der Waals surface area contributed by atoms with Crippen LogP contribution < -0.4 is 10.0 Å². The molecule has 29 heavy (non-hydrogen) atoms. The van der Waals surface area contributed by atoms with Gasteiger partial charge in [0.05, 0.1) is 23.0 Å². The molecule has 4 rings (SSSR count). The number of sulfonamides is 1. The van der Waals surface area contributed by atoms with E-state index in [0.717, 1.165) is 12.8 Å². The fraction of sp³-hybridized carbons (Fsp3) is 0.150. The summed E-state index contributed by atoms with van der Waals surface area (Å²) in [5.74, 6) is 0.0369. The van der Waals surface area contributed by atoms with Crippen LogP contribution in [-0.4, -0.2) is 35.4 Å². The van der Waals surface area contributed by atoms with Crippen LogP contribution in [0, 0.1) is 0 Å². The molecule has 1 aliphatic rings. The van der Waals surface area contributed by atoms with Crippen molar-refractivity contribution in [1.29, 1.82) is 0 Å². The quantitative estimate of drug-likeness (QED) is 0.574. The van der Waals surface area contributed by atoms with Gasteiger partial charge in [0.15, 0.2) is 5.82 Å². The summed E-state index contributed by atoms with van der Waals surface area (Å²) in [5.41, 5.74) is 1.22. The Morgan fingerprint density at radius 1 is 1.03 bits per heavy atom. The number of phenolic OH excluding ortho intramolecular Hbond substituents is 1. The zero-order chi connectivity index (χ0) is 20.4. The van der Waals surface area contributed by atoms with Gasteiger partial charge in [-0.3, -0.25) is 4.79 Å². The molecule has 1 fully saturated rings. The average Bonchev–Trinajstić information content (AvgIpc) is 3.52. The molecule has 1 heterocycles. The van der Waals surface area contributed by atoms with Gasteiger partial charge in [0, 0.05) is 17.2 Å². The van der Waals surface area contributed by atoms with Gasteiger partial charge < -0.3 is 10.4 Å². The minimum Gasteiger partial charge on any atom is -0.508 e. The Labute approximate surface area is 167 Å². The second kappa shape index (κ2) is 7.61. The number of hydrogen-bond donors (Lipinski definition) is 3. The Kier molecular flexibility index (Phi) is 4.99. The molecular formula is C20H18N4O4S. The Hall–Kier alpha value is -3.30. The highest BCUT2D eigenvalue weighted by Gasteiger charge is 2.28. The van der Waals surface area contributed by atoms with E-state index >= 15 is 0 Å². The summed E-state index contributed by atoms with van der Waals surface area (Å²) in [7, 11) is -3.64. The van der Waals surface area contributed by atoms with Crippen molar-refractivity contribution in [1.82, 2.24) is 14.7 Å². The highest BCUT2D eigenvalue weighted by atomic mass is 32.2. The van der Waals surface area contributed by atoms with Crippen molar-refractivity contribution in [3.63, 3.8) is 0 Å². The fourth-order valence-electron chi connectivity index (χ4n) is 2.68. The Morgan fingerprint density at radius 2 is 1.76 bits per heavy atom. The third-order valence-corrected chi connectivity index (χ3v) is 5.84. The molecule has 9 heteroatoms. The molecule has 1 saturated carbocycles. The summed E-state index contributed by atoms with van der Waals surface area (Å²) in [5, 5.41) is 12.2. The number of rotatable bonds is 6. The number of amides is 1. The van der Waals surface area contributed by atoms with Crippen LogP contribution in [0.5, 0.6) is 5.75 Å². The van der Waals surface area contributed by atoms with Crippen molar-refractivity contribution in [2.24, 2.45) is 0 Å². The predicted molar refractivity (Wildman–Crippen MR) is 107 cm³/mol. The third kappa shape index (κ3) is 4.58. The number of carbonyl (C=O) groups is 1. The standard InChI is InChI=1S/C20H18N4O4S/c25-17-5-1-3-13(9-17)19-21-11-16(12-22-19)23-20(26)14-4-2-6-18(10-14)29(27,28)24-15-7-8-15/h1-6,9-12,15,24-25H,7-8H2,(H,23,26). The normalized spacial score (nSPS) is 13.8. The molecule has 2 aromatic carbocycles. The van der Waals surface area contributed by atoms with Crippen molar-refractivity contribution in [2.75, 3.05) is 5.32 Å². The minimum atomic E-state index is -3.64. The van der Waals surface area contributed by atoms with Crippen LogP contribution in [0.2, 0.25) is 0 Å². The van der Waals surface area contributed by atoms with Gasteiger partial charge in [0.25, 0.3) is 5.91 Å². The smallest absolute Gasteiger partial charge is 0.255 e. The van der Waals surface area contributed by atoms with Crippen LogP contribution in [0.1, 0.15) is 23.2 Å². The van der Waals surface area contributed by atoms with E-state index in [2.05, 4.69) is 20.0 Å². The summed E-state index contributed by atoms with van der Waals surface area (Å²) in [6.07, 6.45) is 4.55. The molecule has 0 radical (unpaired) electrons. The van der Waals surface area contributed by atoms with Crippen LogP contribution >= 0.6 is 0 Å². The molecule has 0 aliphatic heterocycles. The summed E-state index contributed by atoms with van der Waals surface area (Å²) in [4.78, 5) is 20.9. The molecule has 0 atom stereocenters. The molecule has 148 valence electrons. The largest absolute Gasteiger partial charge is 0.508 e. The second-order valence-corrected chi connectivity index (χ2v) is 8.44. The van der Waals surface area contributed by atoms with E-state index in [1.165, 1.54) is 42.7 Å². The maximum absolute atomic E-state index is 12.5. The van der Waals surface area contributed by atoms with Crippen molar-refractivity contribution < 1.29 is 18.3 Å². The summed E-state index contributed by atoms with van der Waals surface area (Å²) >= 11 is 0. The van der Waals surface area contributed by atoms with Gasteiger partial charge in [-0.05, 0) is 43.2 Å². The molecular weight excluding hydrogens is 392 g/mol. The fourth-order valence-corrected chi connectivity index (χ4v) is 4.03. The lowest BCUT2D eigenvalue weighted by atomic mass is 10.2. The van der Waals surface area contributed by atoms with E-state index in [1.807, 2.05) is 0 Å². The average molecular weight is 410 g/mol. The number of hydrogen-bond acceptors (Lipinski definition) is 6. The van der Waals surface area contributed by atoms with Crippen molar-refractivity contribution in [3.8, 4) is 17.1 Å². The van der Waals surface area contributed by atoms with Crippen LogP contribution in [0.4, 0.5) is 5.69 Å². The number of carbonyl (C=O) groups excluding carboxylic acids is 1. The topological polar surface area (TPSA) is 121 Å². The molecule has 0 spiro atoms. The highest BCUT2D eigenvalue weighted by molar-refractivity contribution is 7.89. The van der Waals surface area contributed by atoms with Crippen LogP contribution in [0.3, 0.4) is 0 Å². The number of aromatic nitrogens is 2. The van der Waals surface area contributed by atoms with Crippen molar-refractivity contribution in [3.05, 3.63) is 66.5 Å². The monoisotopic (exact) mass is 410 g/mol. The minimum absolute atomic E-state index is 0.0142. The lowest BCUT2D eigenvalue weighted by Gasteiger charge is -2.09. The molecule has 1 aromatic heterocycles. The van der Waals surface area contributed by atoms with E-state index in [1.54, 1.807) is 18.2 Å². The van der Waals surface area contributed by atoms with Gasteiger partial charge in [0.1, 0.15) is 5.75 Å². The Bertz CT molecular complexity index is 1160. The number of anilines is 1. The first-order valence-electron chi connectivity index (χ1n) is 8.96. The van der Waals surface area contributed by atoms with E-state index < -0.39 is 15.9 Å². The Balaban J connectivity index is 1.48. The first-order chi connectivity index (χ1) is 13.9. The van der Waals surface area contributed by atoms with Crippen LogP contribution in [-0.2, 0) is 10.0 Å². The lowest BCUT2D eigenvalue weighted by molar-refractivity contribution is 0.102. The maximum atomic E-state index is 12.5. The van der Waals surface area contributed by atoms with Crippen molar-refractivity contribution in [2.45, 2.75) is 23.8 Å². The first kappa shape index (κ1) is 19.0. The molecule has 3 N–H and O–H groups in total. The van der Waals surface area contributed by atoms with Gasteiger partial charge in [-0.15, -0.1) is 0 Å². The van der Waals surface area contributed by atoms with Gasteiger partial charge in [-0.2, -0.15) is 0 Å². The highest BCUT2D eigenvalue weighted by Crippen LogP contribution is 2.23. The molecule has 1 amide bonds. The van der Waals surface area contributed by atoms with E-state index in [4.69, 9.17) is 0 Å². The maximum Gasteiger partial charge on any atom is 0.255 e. The molecule has 0 bridgehead atoms. The second-order valence-electron chi connectivity index (χ2n) is 6.72. The summed E-state index contributed by atoms with van der Waals surface area (Å²) < 4.78 is 27.3. The zero-order valence-corrected chi connectivity index (χ0v) is 16.1. The van der Waals surface area contributed by atoms with Gasteiger partial charge >= 0.3 is 0 Å². The van der Waals surface area contributed by atoms with Crippen molar-refractivity contribution >= 4 is 21.6 Å². The summed E-state index contributed by atoms with van der Waals surface area (Å²) in [6, 6.07) is 12.4. The lowest BCUT2D eigenvalue weighted by Crippen LogP contribution is -2.26. The Morgan fingerprint density at radius 3 is 2.45 bits per heavy atom. The van der Waals surface area contributed by atoms with E-state index in [9.17, 15) is 18.3 Å². The van der Waals surface area contributed by atoms with Gasteiger partial charge in [-0.1, -0.05) is 18.2 Å². The van der Waals surface area contributed by atoms with Crippen LogP contribution in [0.15, 0.2) is 65.8 Å². The first-order valence-corrected chi connectivity index (χ1v) is 10.4. The van der Waals surface area contributed by atoms with E-state index in [-0.39, 0.29) is 22.3 Å². The number of benzene rings is 2. The van der Waals surface area contributed by atoms with E-state index in [0.29, 0.717) is 17.1 Å². The summed E-state index contributed by atoms with van der Waals surface area (Å²) in [6.45, 7) is 0. The number of aromatic hydroxyl groups is 1. The molecule has 3 aromatic rings.